The molecule has 146 valence electrons. The molecule has 0 aromatic heterocycles. The van der Waals surface area contributed by atoms with Crippen molar-refractivity contribution < 1.29 is 9.53 Å². The highest BCUT2D eigenvalue weighted by Gasteiger charge is 2.32. The highest BCUT2D eigenvalue weighted by Crippen LogP contribution is 2.42. The third-order valence-corrected chi connectivity index (χ3v) is 6.05. The van der Waals surface area contributed by atoms with Crippen molar-refractivity contribution in [2.45, 2.75) is 26.3 Å². The molecule has 2 aliphatic heterocycles. The van der Waals surface area contributed by atoms with E-state index in [1.807, 2.05) is 11.0 Å². The average molecular weight is 377 g/mol. The fraction of sp³-hybridized carbons (Fsp3) is 0.375. The Hall–Kier alpha value is -2.75. The molecule has 0 unspecified atom stereocenters. The molecule has 28 heavy (non-hydrogen) atoms. The summed E-state index contributed by atoms with van der Waals surface area (Å²) in [6.07, 6.45) is 2.02. The second-order valence-electron chi connectivity index (χ2n) is 7.79. The molecule has 0 bridgehead atoms. The summed E-state index contributed by atoms with van der Waals surface area (Å²) in [6, 6.07) is 17.1. The number of hydrogen-bond acceptors (Lipinski definition) is 3. The van der Waals surface area contributed by atoms with Crippen molar-refractivity contribution in [3.8, 4) is 5.75 Å². The molecule has 1 saturated heterocycles. The maximum Gasteiger partial charge on any atom is 0.219 e. The van der Waals surface area contributed by atoms with E-state index in [1.54, 1.807) is 14.0 Å². The van der Waals surface area contributed by atoms with Gasteiger partial charge in [0.05, 0.1) is 7.11 Å². The number of piperidine rings is 1. The van der Waals surface area contributed by atoms with E-state index in [0.717, 1.165) is 38.2 Å². The molecule has 0 aliphatic carbocycles. The van der Waals surface area contributed by atoms with E-state index >= 15 is 0 Å². The summed E-state index contributed by atoms with van der Waals surface area (Å²) < 4.78 is 5.53. The van der Waals surface area contributed by atoms with Gasteiger partial charge in [-0.05, 0) is 41.7 Å². The van der Waals surface area contributed by atoms with Crippen molar-refractivity contribution >= 4 is 11.5 Å². The third kappa shape index (κ3) is 3.39. The summed E-state index contributed by atoms with van der Waals surface area (Å²) in [7, 11) is 3.92. The molecule has 1 fully saturated rings. The van der Waals surface area contributed by atoms with Gasteiger partial charge in [-0.15, -0.1) is 0 Å². The number of likely N-dealkylation sites (tertiary alicyclic amines) is 1. The molecule has 2 aromatic rings. The zero-order valence-electron chi connectivity index (χ0n) is 16.9. The number of allylic oxidation sites excluding steroid dienone is 1. The topological polar surface area (TPSA) is 32.8 Å². The molecular formula is C24H28N2O2. The van der Waals surface area contributed by atoms with E-state index in [-0.39, 0.29) is 5.91 Å². The zero-order valence-corrected chi connectivity index (χ0v) is 16.9. The summed E-state index contributed by atoms with van der Waals surface area (Å²) >= 11 is 0. The number of nitrogens with zero attached hydrogens (tertiary/aromatic N) is 2. The second kappa shape index (κ2) is 7.70. The minimum Gasteiger partial charge on any atom is -0.497 e. The summed E-state index contributed by atoms with van der Waals surface area (Å²) in [5, 5.41) is 0. The van der Waals surface area contributed by atoms with Gasteiger partial charge >= 0.3 is 0 Å². The minimum absolute atomic E-state index is 0.183. The Morgan fingerprint density at radius 1 is 1.07 bits per heavy atom. The van der Waals surface area contributed by atoms with Gasteiger partial charge in [0, 0.05) is 50.8 Å². The predicted octanol–water partition coefficient (Wildman–Crippen LogP) is 4.16. The number of carbonyl (C=O) groups excluding carboxylic acids is 1. The Morgan fingerprint density at radius 3 is 2.43 bits per heavy atom. The maximum atomic E-state index is 11.8. The van der Waals surface area contributed by atoms with Gasteiger partial charge in [0.1, 0.15) is 5.75 Å². The van der Waals surface area contributed by atoms with Crippen LogP contribution < -0.4 is 4.74 Å². The average Bonchev–Trinajstić information content (AvgIpc) is 2.73. The smallest absolute Gasteiger partial charge is 0.219 e. The number of rotatable bonds is 3. The van der Waals surface area contributed by atoms with Gasteiger partial charge in [-0.3, -0.25) is 4.79 Å². The number of benzene rings is 2. The number of methoxy groups -OCH3 is 1. The molecule has 0 saturated carbocycles. The molecule has 2 heterocycles. The first kappa shape index (κ1) is 18.6. The normalized spacial score (nSPS) is 17.5. The van der Waals surface area contributed by atoms with E-state index in [1.165, 1.54) is 28.0 Å². The Kier molecular flexibility index (Phi) is 5.12. The van der Waals surface area contributed by atoms with Crippen LogP contribution in [0.2, 0.25) is 0 Å². The zero-order chi connectivity index (χ0) is 19.7. The monoisotopic (exact) mass is 376 g/mol. The fourth-order valence-electron chi connectivity index (χ4n) is 4.61. The molecule has 4 rings (SSSR count). The summed E-state index contributed by atoms with van der Waals surface area (Å²) in [5.41, 5.74) is 6.55. The number of carbonyl (C=O) groups is 1. The first-order valence-electron chi connectivity index (χ1n) is 10.0. The molecule has 0 radical (unpaired) electrons. The predicted molar refractivity (Wildman–Crippen MR) is 112 cm³/mol. The van der Waals surface area contributed by atoms with Gasteiger partial charge in [0.2, 0.25) is 5.91 Å². The van der Waals surface area contributed by atoms with Gasteiger partial charge in [0.25, 0.3) is 0 Å². The Bertz CT molecular complexity index is 896. The lowest BCUT2D eigenvalue weighted by molar-refractivity contribution is -0.130. The van der Waals surface area contributed by atoms with Crippen LogP contribution in [0.3, 0.4) is 0 Å². The van der Waals surface area contributed by atoms with Crippen molar-refractivity contribution in [2.75, 3.05) is 27.2 Å². The molecule has 2 aromatic carbocycles. The summed E-state index contributed by atoms with van der Waals surface area (Å²) in [6.45, 7) is 4.25. The largest absolute Gasteiger partial charge is 0.497 e. The van der Waals surface area contributed by atoms with Gasteiger partial charge < -0.3 is 14.5 Å². The minimum atomic E-state index is 0.183. The van der Waals surface area contributed by atoms with Crippen LogP contribution in [0.5, 0.6) is 5.75 Å². The highest BCUT2D eigenvalue weighted by molar-refractivity contribution is 5.85. The molecule has 2 aliphatic rings. The van der Waals surface area contributed by atoms with Gasteiger partial charge in [-0.1, -0.05) is 36.4 Å². The van der Waals surface area contributed by atoms with Crippen molar-refractivity contribution in [1.29, 1.82) is 0 Å². The lowest BCUT2D eigenvalue weighted by Crippen LogP contribution is -2.40. The van der Waals surface area contributed by atoms with Gasteiger partial charge in [-0.2, -0.15) is 0 Å². The number of ether oxygens (including phenoxy) is 1. The number of fused-ring (bicyclic) bond motifs is 1. The van der Waals surface area contributed by atoms with Crippen molar-refractivity contribution in [3.05, 3.63) is 70.9 Å². The highest BCUT2D eigenvalue weighted by atomic mass is 16.5. The van der Waals surface area contributed by atoms with E-state index < -0.39 is 0 Å². The first-order chi connectivity index (χ1) is 13.6. The molecule has 0 N–H and O–H groups in total. The SMILES string of the molecule is COc1ccc2c(c1)C(c1ccccc1)=C(C1CCN(C(C)=O)CC1)N(C)C2. The summed E-state index contributed by atoms with van der Waals surface area (Å²) in [5.74, 6) is 1.53. The third-order valence-electron chi connectivity index (χ3n) is 6.05. The number of hydrogen-bond donors (Lipinski definition) is 0. The van der Waals surface area contributed by atoms with Crippen LogP contribution >= 0.6 is 0 Å². The van der Waals surface area contributed by atoms with E-state index in [9.17, 15) is 4.79 Å². The van der Waals surface area contributed by atoms with Gasteiger partial charge in [0.15, 0.2) is 0 Å². The maximum absolute atomic E-state index is 11.8. The lowest BCUT2D eigenvalue weighted by atomic mass is 9.81. The lowest BCUT2D eigenvalue weighted by Gasteiger charge is -2.40. The Labute approximate surface area is 167 Å². The van der Waals surface area contributed by atoms with Crippen LogP contribution in [-0.2, 0) is 11.3 Å². The molecule has 4 heteroatoms. The molecule has 1 amide bonds. The van der Waals surface area contributed by atoms with E-state index in [2.05, 4.69) is 54.4 Å². The van der Waals surface area contributed by atoms with Crippen molar-refractivity contribution in [1.82, 2.24) is 9.80 Å². The Balaban J connectivity index is 1.83. The molecular weight excluding hydrogens is 348 g/mol. The Morgan fingerprint density at radius 2 is 1.79 bits per heavy atom. The molecule has 0 spiro atoms. The van der Waals surface area contributed by atoms with E-state index in [0.29, 0.717) is 5.92 Å². The van der Waals surface area contributed by atoms with Gasteiger partial charge in [-0.25, -0.2) is 0 Å². The quantitative estimate of drug-likeness (QED) is 0.806. The van der Waals surface area contributed by atoms with E-state index in [4.69, 9.17) is 4.74 Å². The number of amides is 1. The van der Waals surface area contributed by atoms with Crippen LogP contribution in [0.4, 0.5) is 0 Å². The molecule has 0 atom stereocenters. The second-order valence-corrected chi connectivity index (χ2v) is 7.79. The van der Waals surface area contributed by atoms with Crippen LogP contribution in [0.15, 0.2) is 54.2 Å². The fourth-order valence-corrected chi connectivity index (χ4v) is 4.61. The van der Waals surface area contributed by atoms with Crippen LogP contribution in [0, 0.1) is 5.92 Å². The first-order valence-corrected chi connectivity index (χ1v) is 10.0. The standard InChI is InChI=1S/C24H28N2O2/c1-17(27)26-13-11-19(12-14-26)24-23(18-7-5-4-6-8-18)22-15-21(28-3)10-9-20(22)16-25(24)2/h4-10,15,19H,11-14,16H2,1-3H3. The van der Waals surface area contributed by atoms with Crippen molar-refractivity contribution in [2.24, 2.45) is 5.92 Å². The molecule has 4 nitrogen and oxygen atoms in total. The summed E-state index contributed by atoms with van der Waals surface area (Å²) in [4.78, 5) is 16.1. The van der Waals surface area contributed by atoms with Crippen molar-refractivity contribution in [3.63, 3.8) is 0 Å². The van der Waals surface area contributed by atoms with Crippen LogP contribution in [0.25, 0.3) is 5.57 Å². The van der Waals surface area contributed by atoms with Crippen LogP contribution in [0.1, 0.15) is 36.5 Å². The van der Waals surface area contributed by atoms with Crippen LogP contribution in [-0.4, -0.2) is 43.0 Å².